The van der Waals surface area contributed by atoms with E-state index in [1.54, 1.807) is 6.07 Å². The molecule has 7 nitrogen and oxygen atoms in total. The molecule has 0 bridgehead atoms. The maximum Gasteiger partial charge on any atom is 0.326 e. The molecule has 1 aromatic heterocycles. The number of carbonyl (C=O) groups is 1. The third-order valence-corrected chi connectivity index (χ3v) is 3.41. The van der Waals surface area contributed by atoms with Gasteiger partial charge in [0.05, 0.1) is 24.9 Å². The van der Waals surface area contributed by atoms with Gasteiger partial charge < -0.3 is 19.7 Å². The standard InChI is InChI=1S/C13H12FN3O4/c1-21-8-3-2-6-4-17(12(19)9(6)10(8)14)5-7-11(18)16-13(20)15-7/h2-3,18H,4-5H2,1H3,(H2,15,16,20). The fourth-order valence-corrected chi connectivity index (χ4v) is 2.40. The first kappa shape index (κ1) is 13.2. The van der Waals surface area contributed by atoms with Crippen molar-refractivity contribution in [1.29, 1.82) is 0 Å². The second-order valence-corrected chi connectivity index (χ2v) is 4.68. The van der Waals surface area contributed by atoms with Gasteiger partial charge in [-0.1, -0.05) is 6.07 Å². The molecule has 8 heteroatoms. The first-order valence-electron chi connectivity index (χ1n) is 6.16. The van der Waals surface area contributed by atoms with Gasteiger partial charge in [0.2, 0.25) is 5.88 Å². The van der Waals surface area contributed by atoms with E-state index in [9.17, 15) is 19.1 Å². The van der Waals surface area contributed by atoms with Gasteiger partial charge in [-0.05, 0) is 11.6 Å². The number of ether oxygens (including phenoxy) is 1. The topological polar surface area (TPSA) is 98.4 Å². The molecule has 1 amide bonds. The van der Waals surface area contributed by atoms with Crippen LogP contribution in [0.25, 0.3) is 0 Å². The third kappa shape index (κ3) is 2.04. The highest BCUT2D eigenvalue weighted by Crippen LogP contribution is 2.31. The second-order valence-electron chi connectivity index (χ2n) is 4.68. The number of hydrogen-bond donors (Lipinski definition) is 3. The maximum atomic E-state index is 14.1. The number of aromatic nitrogens is 2. The molecule has 21 heavy (non-hydrogen) atoms. The van der Waals surface area contributed by atoms with Gasteiger partial charge in [0.15, 0.2) is 11.6 Å². The molecule has 0 radical (unpaired) electrons. The Balaban J connectivity index is 1.92. The molecule has 0 aliphatic carbocycles. The smallest absolute Gasteiger partial charge is 0.326 e. The van der Waals surface area contributed by atoms with E-state index in [1.807, 2.05) is 0 Å². The number of methoxy groups -OCH3 is 1. The Hall–Kier alpha value is -2.77. The van der Waals surface area contributed by atoms with Crippen molar-refractivity contribution in [2.45, 2.75) is 13.1 Å². The molecule has 1 aliphatic heterocycles. The van der Waals surface area contributed by atoms with E-state index in [2.05, 4.69) is 9.97 Å². The van der Waals surface area contributed by atoms with Crippen molar-refractivity contribution in [3.05, 3.63) is 45.3 Å². The van der Waals surface area contributed by atoms with Crippen LogP contribution in [0, 0.1) is 5.82 Å². The van der Waals surface area contributed by atoms with Gasteiger partial charge in [-0.25, -0.2) is 9.18 Å². The van der Waals surface area contributed by atoms with Gasteiger partial charge in [-0.2, -0.15) is 0 Å². The largest absolute Gasteiger partial charge is 0.494 e. The van der Waals surface area contributed by atoms with Crippen LogP contribution in [0.4, 0.5) is 4.39 Å². The van der Waals surface area contributed by atoms with Crippen LogP contribution < -0.4 is 10.4 Å². The van der Waals surface area contributed by atoms with Crippen LogP contribution in [0.1, 0.15) is 21.6 Å². The first-order chi connectivity index (χ1) is 10.0. The maximum absolute atomic E-state index is 14.1. The van der Waals surface area contributed by atoms with Crippen molar-refractivity contribution >= 4 is 5.91 Å². The van der Waals surface area contributed by atoms with Gasteiger partial charge in [0, 0.05) is 6.54 Å². The molecule has 0 saturated heterocycles. The lowest BCUT2D eigenvalue weighted by molar-refractivity contribution is 0.0760. The molecule has 1 aliphatic rings. The molecule has 2 heterocycles. The molecule has 0 atom stereocenters. The summed E-state index contributed by atoms with van der Waals surface area (Å²) in [5.74, 6) is -1.54. The summed E-state index contributed by atoms with van der Waals surface area (Å²) in [6.07, 6.45) is 0. The van der Waals surface area contributed by atoms with Crippen LogP contribution in [0.5, 0.6) is 11.6 Å². The Kier molecular flexibility index (Phi) is 2.93. The quantitative estimate of drug-likeness (QED) is 0.776. The Bertz CT molecular complexity index is 780. The van der Waals surface area contributed by atoms with Crippen LogP contribution >= 0.6 is 0 Å². The fourth-order valence-electron chi connectivity index (χ4n) is 2.40. The number of halogens is 1. The minimum Gasteiger partial charge on any atom is -0.494 e. The molecular weight excluding hydrogens is 281 g/mol. The normalized spacial score (nSPS) is 13.6. The van der Waals surface area contributed by atoms with Crippen LogP contribution in [0.15, 0.2) is 16.9 Å². The number of carbonyl (C=O) groups excluding carboxylic acids is 1. The van der Waals surface area contributed by atoms with E-state index in [-0.39, 0.29) is 36.0 Å². The van der Waals surface area contributed by atoms with E-state index in [0.717, 1.165) is 0 Å². The zero-order chi connectivity index (χ0) is 15.1. The van der Waals surface area contributed by atoms with Crippen LogP contribution in [-0.2, 0) is 13.1 Å². The van der Waals surface area contributed by atoms with E-state index >= 15 is 0 Å². The summed E-state index contributed by atoms with van der Waals surface area (Å²) in [6, 6.07) is 3.08. The van der Waals surface area contributed by atoms with Crippen LogP contribution in [-0.4, -0.2) is 33.0 Å². The zero-order valence-corrected chi connectivity index (χ0v) is 11.1. The minimum absolute atomic E-state index is 0.00171. The number of nitrogens with one attached hydrogen (secondary N) is 2. The lowest BCUT2D eigenvalue weighted by Crippen LogP contribution is -2.24. The van der Waals surface area contributed by atoms with Gasteiger partial charge in [-0.15, -0.1) is 0 Å². The summed E-state index contributed by atoms with van der Waals surface area (Å²) < 4.78 is 19.0. The number of amides is 1. The summed E-state index contributed by atoms with van der Waals surface area (Å²) in [4.78, 5) is 29.2. The number of benzene rings is 1. The van der Waals surface area contributed by atoms with Gasteiger partial charge in [0.25, 0.3) is 5.91 Å². The fraction of sp³-hybridized carbons (Fsp3) is 0.231. The van der Waals surface area contributed by atoms with E-state index in [4.69, 9.17) is 4.74 Å². The Labute approximate surface area is 118 Å². The summed E-state index contributed by atoms with van der Waals surface area (Å²) in [5.41, 5.74) is 0.107. The van der Waals surface area contributed by atoms with E-state index in [0.29, 0.717) is 5.56 Å². The second kappa shape index (κ2) is 4.65. The Morgan fingerprint density at radius 2 is 2.14 bits per heavy atom. The number of hydrogen-bond acceptors (Lipinski definition) is 4. The van der Waals surface area contributed by atoms with Gasteiger partial charge >= 0.3 is 5.69 Å². The molecule has 0 fully saturated rings. The molecular formula is C13H12FN3O4. The Morgan fingerprint density at radius 1 is 1.38 bits per heavy atom. The number of aromatic hydroxyl groups is 1. The SMILES string of the molecule is COc1ccc2c(c1F)C(=O)N(Cc1[nH]c(=O)[nH]c1O)C2. The molecule has 0 saturated carbocycles. The highest BCUT2D eigenvalue weighted by atomic mass is 19.1. The predicted octanol–water partition coefficient (Wildman–Crippen LogP) is 0.712. The molecule has 2 aromatic rings. The minimum atomic E-state index is -0.700. The van der Waals surface area contributed by atoms with Gasteiger partial charge in [-0.3, -0.25) is 9.78 Å². The van der Waals surface area contributed by atoms with Crippen molar-refractivity contribution in [1.82, 2.24) is 14.9 Å². The molecule has 110 valence electrons. The molecule has 3 rings (SSSR count). The third-order valence-electron chi connectivity index (χ3n) is 3.41. The number of nitrogens with zero attached hydrogens (tertiary/aromatic N) is 1. The lowest BCUT2D eigenvalue weighted by atomic mass is 10.1. The number of imidazole rings is 1. The van der Waals surface area contributed by atoms with Gasteiger partial charge in [0.1, 0.15) is 0 Å². The van der Waals surface area contributed by atoms with E-state index < -0.39 is 17.4 Å². The monoisotopic (exact) mass is 293 g/mol. The predicted molar refractivity (Wildman–Crippen MR) is 69.6 cm³/mol. The number of rotatable bonds is 3. The molecule has 1 aromatic carbocycles. The van der Waals surface area contributed by atoms with Crippen LogP contribution in [0.3, 0.4) is 0 Å². The zero-order valence-electron chi connectivity index (χ0n) is 11.1. The number of aromatic amines is 2. The average molecular weight is 293 g/mol. The van der Waals surface area contributed by atoms with Crippen molar-refractivity contribution in [2.75, 3.05) is 7.11 Å². The lowest BCUT2D eigenvalue weighted by Gasteiger charge is -2.14. The summed E-state index contributed by atoms with van der Waals surface area (Å²) in [6.45, 7) is 0.168. The molecule has 0 unspecified atom stereocenters. The summed E-state index contributed by atoms with van der Waals surface area (Å²) >= 11 is 0. The highest BCUT2D eigenvalue weighted by molar-refractivity contribution is 5.99. The average Bonchev–Trinajstić information content (AvgIpc) is 2.92. The summed E-state index contributed by atoms with van der Waals surface area (Å²) in [5, 5.41) is 9.51. The number of H-pyrrole nitrogens is 2. The Morgan fingerprint density at radius 3 is 2.76 bits per heavy atom. The van der Waals surface area contributed by atoms with Crippen molar-refractivity contribution in [2.24, 2.45) is 0 Å². The number of fused-ring (bicyclic) bond motifs is 1. The molecule has 3 N–H and O–H groups in total. The molecule has 0 spiro atoms. The highest BCUT2D eigenvalue weighted by Gasteiger charge is 2.32. The summed E-state index contributed by atoms with van der Waals surface area (Å²) in [7, 11) is 1.32. The van der Waals surface area contributed by atoms with Crippen molar-refractivity contribution < 1.29 is 19.0 Å². The van der Waals surface area contributed by atoms with Crippen LogP contribution in [0.2, 0.25) is 0 Å². The van der Waals surface area contributed by atoms with Crippen molar-refractivity contribution in [3.8, 4) is 11.6 Å². The first-order valence-corrected chi connectivity index (χ1v) is 6.16. The van der Waals surface area contributed by atoms with E-state index in [1.165, 1.54) is 18.1 Å². The van der Waals surface area contributed by atoms with Crippen molar-refractivity contribution in [3.63, 3.8) is 0 Å².